The zero-order valence-corrected chi connectivity index (χ0v) is 10.7. The maximum atomic E-state index is 10.1. The molecule has 20 heavy (non-hydrogen) atoms. The fraction of sp³-hybridized carbons (Fsp3) is 0.0588. The first kappa shape index (κ1) is 12.4. The Morgan fingerprint density at radius 3 is 2.10 bits per heavy atom. The summed E-state index contributed by atoms with van der Waals surface area (Å²) in [4.78, 5) is 0. The molecule has 0 saturated carbocycles. The average Bonchev–Trinajstić information content (AvgIpc) is 2.44. The standard InChI is InChI=1S/C17H14O3/c18-13-5-1-11(2-6-13)9-16-15-10-14(19)7-3-12(15)4-8-17(16)20/h1-8,10,18-20H,9H2. The van der Waals surface area contributed by atoms with Crippen molar-refractivity contribution < 1.29 is 15.3 Å². The lowest BCUT2D eigenvalue weighted by atomic mass is 9.97. The fourth-order valence-corrected chi connectivity index (χ4v) is 2.36. The molecule has 0 aliphatic carbocycles. The average molecular weight is 266 g/mol. The van der Waals surface area contributed by atoms with Crippen LogP contribution < -0.4 is 0 Å². The smallest absolute Gasteiger partial charge is 0.119 e. The van der Waals surface area contributed by atoms with E-state index in [0.717, 1.165) is 21.9 Å². The van der Waals surface area contributed by atoms with E-state index in [4.69, 9.17) is 0 Å². The zero-order chi connectivity index (χ0) is 14.1. The molecule has 3 nitrogen and oxygen atoms in total. The summed E-state index contributed by atoms with van der Waals surface area (Å²) >= 11 is 0. The van der Waals surface area contributed by atoms with Gasteiger partial charge in [-0.05, 0) is 46.7 Å². The predicted molar refractivity (Wildman–Crippen MR) is 78.2 cm³/mol. The largest absolute Gasteiger partial charge is 0.508 e. The highest BCUT2D eigenvalue weighted by Crippen LogP contribution is 2.31. The van der Waals surface area contributed by atoms with Gasteiger partial charge in [-0.2, -0.15) is 0 Å². The van der Waals surface area contributed by atoms with Crippen molar-refractivity contribution in [1.29, 1.82) is 0 Å². The van der Waals surface area contributed by atoms with Gasteiger partial charge in [0.1, 0.15) is 17.2 Å². The van der Waals surface area contributed by atoms with Crippen LogP contribution in [0.25, 0.3) is 10.8 Å². The van der Waals surface area contributed by atoms with Crippen molar-refractivity contribution in [2.75, 3.05) is 0 Å². The Balaban J connectivity index is 2.12. The summed E-state index contributed by atoms with van der Waals surface area (Å²) < 4.78 is 0. The fourth-order valence-electron chi connectivity index (χ4n) is 2.36. The molecule has 3 heteroatoms. The van der Waals surface area contributed by atoms with Crippen LogP contribution in [0.1, 0.15) is 11.1 Å². The van der Waals surface area contributed by atoms with Crippen LogP contribution in [0, 0.1) is 0 Å². The molecule has 3 rings (SSSR count). The van der Waals surface area contributed by atoms with Crippen molar-refractivity contribution >= 4 is 10.8 Å². The van der Waals surface area contributed by atoms with E-state index < -0.39 is 0 Å². The van der Waals surface area contributed by atoms with Crippen LogP contribution in [-0.4, -0.2) is 15.3 Å². The van der Waals surface area contributed by atoms with Crippen molar-refractivity contribution in [3.05, 3.63) is 65.7 Å². The molecule has 0 saturated heterocycles. The van der Waals surface area contributed by atoms with E-state index in [1.807, 2.05) is 24.3 Å². The monoisotopic (exact) mass is 266 g/mol. The topological polar surface area (TPSA) is 60.7 Å². The molecule has 0 fully saturated rings. The summed E-state index contributed by atoms with van der Waals surface area (Å²) in [5.41, 5.74) is 1.75. The van der Waals surface area contributed by atoms with Crippen molar-refractivity contribution in [3.8, 4) is 17.2 Å². The maximum Gasteiger partial charge on any atom is 0.119 e. The lowest BCUT2D eigenvalue weighted by Gasteiger charge is -2.10. The lowest BCUT2D eigenvalue weighted by molar-refractivity contribution is 0.470. The minimum absolute atomic E-state index is 0.176. The van der Waals surface area contributed by atoms with Gasteiger partial charge < -0.3 is 15.3 Å². The van der Waals surface area contributed by atoms with E-state index >= 15 is 0 Å². The predicted octanol–water partition coefficient (Wildman–Crippen LogP) is 3.55. The Morgan fingerprint density at radius 2 is 1.35 bits per heavy atom. The third-order valence-electron chi connectivity index (χ3n) is 3.41. The Morgan fingerprint density at radius 1 is 0.700 bits per heavy atom. The van der Waals surface area contributed by atoms with Gasteiger partial charge in [-0.15, -0.1) is 0 Å². The van der Waals surface area contributed by atoms with E-state index in [9.17, 15) is 15.3 Å². The number of fused-ring (bicyclic) bond motifs is 1. The second-order valence-corrected chi connectivity index (χ2v) is 4.81. The van der Waals surface area contributed by atoms with E-state index in [2.05, 4.69) is 0 Å². The van der Waals surface area contributed by atoms with Gasteiger partial charge in [0.05, 0.1) is 0 Å². The van der Waals surface area contributed by atoms with Crippen LogP contribution in [0.5, 0.6) is 17.2 Å². The Kier molecular flexibility index (Phi) is 2.95. The van der Waals surface area contributed by atoms with Gasteiger partial charge in [-0.3, -0.25) is 0 Å². The SMILES string of the molecule is Oc1ccc(Cc2c(O)ccc3ccc(O)cc23)cc1. The highest BCUT2D eigenvalue weighted by molar-refractivity contribution is 5.89. The van der Waals surface area contributed by atoms with Crippen molar-refractivity contribution in [2.24, 2.45) is 0 Å². The van der Waals surface area contributed by atoms with Crippen molar-refractivity contribution in [1.82, 2.24) is 0 Å². The number of phenolic OH excluding ortho intramolecular Hbond substituents is 3. The summed E-state index contributed by atoms with van der Waals surface area (Å²) in [6, 6.07) is 15.5. The first-order valence-corrected chi connectivity index (χ1v) is 6.35. The van der Waals surface area contributed by atoms with Gasteiger partial charge in [0.2, 0.25) is 0 Å². The molecule has 0 aliphatic rings. The molecule has 0 heterocycles. The van der Waals surface area contributed by atoms with Gasteiger partial charge in [0.15, 0.2) is 0 Å². The molecule has 3 aromatic carbocycles. The molecule has 3 aromatic rings. The van der Waals surface area contributed by atoms with Gasteiger partial charge in [0, 0.05) is 12.0 Å². The van der Waals surface area contributed by atoms with E-state index in [1.54, 1.807) is 30.3 Å². The zero-order valence-electron chi connectivity index (χ0n) is 10.7. The quantitative estimate of drug-likeness (QED) is 0.664. The molecule has 0 radical (unpaired) electrons. The number of aromatic hydroxyl groups is 3. The summed E-state index contributed by atoms with van der Waals surface area (Å²) in [7, 11) is 0. The summed E-state index contributed by atoms with van der Waals surface area (Å²) in [6.07, 6.45) is 0.535. The number of hydrogen-bond donors (Lipinski definition) is 3. The molecule has 3 N–H and O–H groups in total. The second-order valence-electron chi connectivity index (χ2n) is 4.81. The number of benzene rings is 3. The van der Waals surface area contributed by atoms with Gasteiger partial charge in [-0.1, -0.05) is 24.3 Å². The molecule has 0 aromatic heterocycles. The van der Waals surface area contributed by atoms with Gasteiger partial charge in [-0.25, -0.2) is 0 Å². The van der Waals surface area contributed by atoms with Gasteiger partial charge in [0.25, 0.3) is 0 Å². The van der Waals surface area contributed by atoms with Gasteiger partial charge >= 0.3 is 0 Å². The van der Waals surface area contributed by atoms with Crippen LogP contribution in [0.2, 0.25) is 0 Å². The van der Waals surface area contributed by atoms with Crippen LogP contribution in [-0.2, 0) is 6.42 Å². The van der Waals surface area contributed by atoms with E-state index in [0.29, 0.717) is 6.42 Å². The van der Waals surface area contributed by atoms with Crippen molar-refractivity contribution in [2.45, 2.75) is 6.42 Å². The minimum atomic E-state index is 0.176. The molecule has 0 atom stereocenters. The van der Waals surface area contributed by atoms with Crippen LogP contribution >= 0.6 is 0 Å². The highest BCUT2D eigenvalue weighted by Gasteiger charge is 2.09. The van der Waals surface area contributed by atoms with Crippen molar-refractivity contribution in [3.63, 3.8) is 0 Å². The first-order valence-electron chi connectivity index (χ1n) is 6.35. The number of phenols is 3. The van der Waals surface area contributed by atoms with Crippen LogP contribution in [0.3, 0.4) is 0 Å². The number of hydrogen-bond acceptors (Lipinski definition) is 3. The van der Waals surface area contributed by atoms with E-state index in [-0.39, 0.29) is 17.2 Å². The van der Waals surface area contributed by atoms with Crippen LogP contribution in [0.4, 0.5) is 0 Å². The Bertz CT molecular complexity index is 756. The normalized spacial score (nSPS) is 10.8. The summed E-state index contributed by atoms with van der Waals surface area (Å²) in [5.74, 6) is 0.597. The molecule has 0 amide bonds. The molecule has 100 valence electrons. The molecular formula is C17H14O3. The van der Waals surface area contributed by atoms with E-state index in [1.165, 1.54) is 0 Å². The molecular weight excluding hydrogens is 252 g/mol. The highest BCUT2D eigenvalue weighted by atomic mass is 16.3. The molecule has 0 unspecified atom stereocenters. The lowest BCUT2D eigenvalue weighted by Crippen LogP contribution is -1.91. The third-order valence-corrected chi connectivity index (χ3v) is 3.41. The summed E-state index contributed by atoms with van der Waals surface area (Å²) in [5, 5.41) is 30.8. The minimum Gasteiger partial charge on any atom is -0.508 e. The second kappa shape index (κ2) is 4.78. The first-order chi connectivity index (χ1) is 9.63. The van der Waals surface area contributed by atoms with Crippen LogP contribution in [0.15, 0.2) is 54.6 Å². The maximum absolute atomic E-state index is 10.1. The molecule has 0 aliphatic heterocycles. The summed E-state index contributed by atoms with van der Waals surface area (Å²) in [6.45, 7) is 0. The third kappa shape index (κ3) is 2.26. The Labute approximate surface area is 116 Å². The Hall–Kier alpha value is -2.68. The number of rotatable bonds is 2. The molecule has 0 spiro atoms. The molecule has 0 bridgehead atoms.